The average molecular weight is 345 g/mol. The number of nitrogens with one attached hydrogen (secondary N) is 1. The van der Waals surface area contributed by atoms with E-state index in [1.54, 1.807) is 24.5 Å². The molecule has 0 fully saturated rings. The van der Waals surface area contributed by atoms with E-state index < -0.39 is 15.1 Å². The fraction of sp³-hybridized carbons (Fsp3) is 0.133. The molecule has 0 bridgehead atoms. The lowest BCUT2D eigenvalue weighted by Gasteiger charge is -2.10. The zero-order valence-electron chi connectivity index (χ0n) is 12.4. The van der Waals surface area contributed by atoms with E-state index in [1.807, 2.05) is 0 Å². The molecular weight excluding hydrogens is 334 g/mol. The molecular formula is C15H11N3O5S. The van der Waals surface area contributed by atoms with Crippen molar-refractivity contribution in [2.45, 2.75) is 5.25 Å². The minimum Gasteiger partial charge on any atom is -0.324 e. The van der Waals surface area contributed by atoms with Gasteiger partial charge in [-0.2, -0.15) is 0 Å². The molecule has 1 aliphatic heterocycles. The van der Waals surface area contributed by atoms with Crippen LogP contribution in [0.4, 0.5) is 17.1 Å². The summed E-state index contributed by atoms with van der Waals surface area (Å²) < 4.78 is 0. The van der Waals surface area contributed by atoms with Crippen LogP contribution >= 0.6 is 11.8 Å². The molecule has 2 aromatic carbocycles. The smallest absolute Gasteiger partial charge is 0.276 e. The van der Waals surface area contributed by atoms with Crippen molar-refractivity contribution in [2.24, 2.45) is 0 Å². The van der Waals surface area contributed by atoms with Gasteiger partial charge in [-0.3, -0.25) is 25.0 Å². The summed E-state index contributed by atoms with van der Waals surface area (Å²) in [7, 11) is 0. The van der Waals surface area contributed by atoms with Crippen LogP contribution in [0.15, 0.2) is 36.4 Å². The van der Waals surface area contributed by atoms with Crippen molar-refractivity contribution in [3.63, 3.8) is 0 Å². The second kappa shape index (κ2) is 5.93. The number of anilines is 1. The van der Waals surface area contributed by atoms with Crippen molar-refractivity contribution in [3.8, 4) is 11.1 Å². The van der Waals surface area contributed by atoms with Crippen LogP contribution in [0.2, 0.25) is 0 Å². The number of thioether (sulfide) groups is 1. The Labute approximate surface area is 140 Å². The Balaban J connectivity index is 2.18. The summed E-state index contributed by atoms with van der Waals surface area (Å²) in [5.74, 6) is -0.310. The van der Waals surface area contributed by atoms with Crippen molar-refractivity contribution in [2.75, 3.05) is 11.6 Å². The summed E-state index contributed by atoms with van der Waals surface area (Å²) in [6.45, 7) is 0. The Morgan fingerprint density at radius 3 is 2.25 bits per heavy atom. The van der Waals surface area contributed by atoms with Gasteiger partial charge in [-0.15, -0.1) is 11.8 Å². The van der Waals surface area contributed by atoms with Gasteiger partial charge in [-0.25, -0.2) is 0 Å². The summed E-state index contributed by atoms with van der Waals surface area (Å²) in [4.78, 5) is 33.1. The van der Waals surface area contributed by atoms with Gasteiger partial charge in [0.05, 0.1) is 21.1 Å². The summed E-state index contributed by atoms with van der Waals surface area (Å²) in [6, 6.07) is 8.72. The molecule has 9 heteroatoms. The van der Waals surface area contributed by atoms with E-state index in [-0.39, 0.29) is 17.3 Å². The van der Waals surface area contributed by atoms with Crippen molar-refractivity contribution in [1.82, 2.24) is 0 Å². The standard InChI is InChI=1S/C15H11N3O5S/c1-24-14-12-11(18(22)23)7-6-10(13(12)16-15(14)19)8-2-4-9(5-3-8)17(20)21/h2-7,14H,1H3,(H,16,19). The maximum atomic E-state index is 12.1. The molecule has 0 radical (unpaired) electrons. The average Bonchev–Trinajstić information content (AvgIpc) is 2.89. The number of amides is 1. The molecule has 1 unspecified atom stereocenters. The molecule has 1 atom stereocenters. The lowest BCUT2D eigenvalue weighted by Crippen LogP contribution is -2.09. The fourth-order valence-electron chi connectivity index (χ4n) is 2.72. The van der Waals surface area contributed by atoms with Crippen LogP contribution in [0.5, 0.6) is 0 Å². The predicted octanol–water partition coefficient (Wildman–Crippen LogP) is 3.53. The van der Waals surface area contributed by atoms with Crippen LogP contribution in [0.1, 0.15) is 10.8 Å². The summed E-state index contributed by atoms with van der Waals surface area (Å²) in [6.07, 6.45) is 1.71. The highest BCUT2D eigenvalue weighted by molar-refractivity contribution is 7.99. The van der Waals surface area contributed by atoms with Crippen molar-refractivity contribution >= 4 is 34.7 Å². The number of non-ortho nitro benzene ring substituents is 1. The number of nitrogens with zero attached hydrogens (tertiary/aromatic N) is 2. The number of hydrogen-bond donors (Lipinski definition) is 1. The van der Waals surface area contributed by atoms with E-state index in [2.05, 4.69) is 5.32 Å². The third kappa shape index (κ3) is 2.48. The monoisotopic (exact) mass is 345 g/mol. The second-order valence-corrected chi connectivity index (χ2v) is 6.03. The van der Waals surface area contributed by atoms with E-state index >= 15 is 0 Å². The summed E-state index contributed by atoms with van der Waals surface area (Å²) in [5, 5.41) is 24.1. The predicted molar refractivity (Wildman–Crippen MR) is 90.1 cm³/mol. The number of fused-ring (bicyclic) bond motifs is 1. The highest BCUT2D eigenvalue weighted by Gasteiger charge is 2.38. The maximum absolute atomic E-state index is 12.1. The highest BCUT2D eigenvalue weighted by atomic mass is 32.2. The van der Waals surface area contributed by atoms with Gasteiger partial charge >= 0.3 is 0 Å². The Kier molecular flexibility index (Phi) is 3.94. The molecule has 24 heavy (non-hydrogen) atoms. The van der Waals surface area contributed by atoms with Crippen LogP contribution in [0.25, 0.3) is 11.1 Å². The van der Waals surface area contributed by atoms with Crippen LogP contribution in [0.3, 0.4) is 0 Å². The molecule has 0 saturated carbocycles. The Morgan fingerprint density at radius 2 is 1.71 bits per heavy atom. The maximum Gasteiger partial charge on any atom is 0.276 e. The van der Waals surface area contributed by atoms with Gasteiger partial charge in [0.25, 0.3) is 11.4 Å². The number of nitro benzene ring substituents is 2. The van der Waals surface area contributed by atoms with E-state index in [9.17, 15) is 25.0 Å². The fourth-order valence-corrected chi connectivity index (χ4v) is 3.46. The molecule has 1 aliphatic rings. The zero-order chi connectivity index (χ0) is 17.4. The van der Waals surface area contributed by atoms with Crippen LogP contribution in [-0.4, -0.2) is 22.0 Å². The van der Waals surface area contributed by atoms with Gasteiger partial charge in [0.1, 0.15) is 5.25 Å². The topological polar surface area (TPSA) is 115 Å². The van der Waals surface area contributed by atoms with Crippen LogP contribution in [-0.2, 0) is 4.79 Å². The van der Waals surface area contributed by atoms with Gasteiger partial charge < -0.3 is 5.32 Å². The number of rotatable bonds is 4. The first kappa shape index (κ1) is 15.9. The van der Waals surface area contributed by atoms with E-state index in [4.69, 9.17) is 0 Å². The first-order valence-electron chi connectivity index (χ1n) is 6.83. The Hall–Kier alpha value is -2.94. The molecule has 0 spiro atoms. The lowest BCUT2D eigenvalue weighted by molar-refractivity contribution is -0.385. The first-order valence-corrected chi connectivity index (χ1v) is 8.12. The van der Waals surface area contributed by atoms with E-state index in [1.165, 1.54) is 30.0 Å². The van der Waals surface area contributed by atoms with Gasteiger partial charge in [0, 0.05) is 23.8 Å². The number of benzene rings is 2. The van der Waals surface area contributed by atoms with E-state index in [0.717, 1.165) is 0 Å². The van der Waals surface area contributed by atoms with Crippen LogP contribution < -0.4 is 5.32 Å². The number of carbonyl (C=O) groups is 1. The third-order valence-corrected chi connectivity index (χ3v) is 4.71. The van der Waals surface area contributed by atoms with Gasteiger partial charge in [0.15, 0.2) is 0 Å². The molecule has 122 valence electrons. The molecule has 1 N–H and O–H groups in total. The van der Waals surface area contributed by atoms with Crippen molar-refractivity contribution in [1.29, 1.82) is 0 Å². The summed E-state index contributed by atoms with van der Waals surface area (Å²) >= 11 is 1.22. The lowest BCUT2D eigenvalue weighted by atomic mass is 9.99. The first-order chi connectivity index (χ1) is 11.4. The number of carbonyl (C=O) groups excluding carboxylic acids is 1. The zero-order valence-corrected chi connectivity index (χ0v) is 13.2. The molecule has 0 aromatic heterocycles. The second-order valence-electron chi connectivity index (χ2n) is 5.09. The molecule has 1 amide bonds. The molecule has 1 heterocycles. The van der Waals surface area contributed by atoms with Gasteiger partial charge in [0.2, 0.25) is 5.91 Å². The van der Waals surface area contributed by atoms with Crippen molar-refractivity contribution in [3.05, 3.63) is 62.2 Å². The minimum atomic E-state index is -0.654. The quantitative estimate of drug-likeness (QED) is 0.669. The molecule has 8 nitrogen and oxygen atoms in total. The van der Waals surface area contributed by atoms with Crippen molar-refractivity contribution < 1.29 is 14.6 Å². The van der Waals surface area contributed by atoms with E-state index in [0.29, 0.717) is 22.4 Å². The molecule has 0 aliphatic carbocycles. The summed E-state index contributed by atoms with van der Waals surface area (Å²) in [5.41, 5.74) is 1.79. The number of hydrogen-bond acceptors (Lipinski definition) is 6. The van der Waals surface area contributed by atoms with Crippen LogP contribution in [0, 0.1) is 20.2 Å². The number of nitro groups is 2. The Bertz CT molecular complexity index is 866. The largest absolute Gasteiger partial charge is 0.324 e. The third-order valence-electron chi connectivity index (χ3n) is 3.79. The Morgan fingerprint density at radius 1 is 1.04 bits per heavy atom. The molecule has 2 aromatic rings. The highest BCUT2D eigenvalue weighted by Crippen LogP contribution is 2.48. The SMILES string of the molecule is CSC1C(=O)Nc2c(-c3ccc([N+](=O)[O-])cc3)ccc([N+](=O)[O-])c21. The van der Waals surface area contributed by atoms with Gasteiger partial charge in [-0.1, -0.05) is 0 Å². The molecule has 0 saturated heterocycles. The molecule has 3 rings (SSSR count). The normalized spacial score (nSPS) is 15.7. The van der Waals surface area contributed by atoms with Gasteiger partial charge in [-0.05, 0) is 30.0 Å². The minimum absolute atomic E-state index is 0.0525.